The number of amides is 1. The molecule has 10 heteroatoms. The van der Waals surface area contributed by atoms with Gasteiger partial charge in [0.05, 0.1) is 10.6 Å². The van der Waals surface area contributed by atoms with Gasteiger partial charge < -0.3 is 4.57 Å². The number of sulfone groups is 1. The molecule has 0 unspecified atom stereocenters. The molecule has 2 aromatic heterocycles. The second-order valence-corrected chi connectivity index (χ2v) is 9.28. The fourth-order valence-electron chi connectivity index (χ4n) is 2.99. The van der Waals surface area contributed by atoms with Crippen molar-refractivity contribution in [2.45, 2.75) is 31.0 Å². The number of carbonyl (C=O) groups is 1. The zero-order valence-corrected chi connectivity index (χ0v) is 17.9. The molecule has 0 saturated carbocycles. The molecule has 0 aliphatic heterocycles. The number of anilines is 1. The molecule has 158 valence electrons. The number of hydrogen-bond acceptors (Lipinski definition) is 5. The SMILES string of the molecule is C=CCn1c(C)cc(-c2csc(NC(=O)c3ccc(S(=O)(=O)C(F)F)cc3)n2)c1C. The predicted octanol–water partition coefficient (Wildman–Crippen LogP) is 4.66. The number of hydrogen-bond donors (Lipinski definition) is 1. The average Bonchev–Trinajstić information content (AvgIpc) is 3.27. The van der Waals surface area contributed by atoms with Gasteiger partial charge in [0.2, 0.25) is 9.84 Å². The molecule has 0 atom stereocenters. The lowest BCUT2D eigenvalue weighted by atomic mass is 10.2. The third kappa shape index (κ3) is 4.19. The molecule has 1 N–H and O–H groups in total. The van der Waals surface area contributed by atoms with Crippen LogP contribution >= 0.6 is 11.3 Å². The van der Waals surface area contributed by atoms with E-state index in [1.54, 1.807) is 0 Å². The molecule has 0 aliphatic carbocycles. The molecule has 3 aromatic rings. The van der Waals surface area contributed by atoms with E-state index in [9.17, 15) is 22.0 Å². The number of benzene rings is 1. The molecule has 3 rings (SSSR count). The molecule has 1 amide bonds. The highest BCUT2D eigenvalue weighted by molar-refractivity contribution is 7.91. The number of allylic oxidation sites excluding steroid dienone is 1. The Balaban J connectivity index is 1.77. The lowest BCUT2D eigenvalue weighted by molar-refractivity contribution is 0.102. The number of carbonyl (C=O) groups excluding carboxylic acids is 1. The van der Waals surface area contributed by atoms with Crippen molar-refractivity contribution in [2.75, 3.05) is 5.32 Å². The monoisotopic (exact) mass is 451 g/mol. The van der Waals surface area contributed by atoms with Crippen LogP contribution in [0.1, 0.15) is 21.7 Å². The highest BCUT2D eigenvalue weighted by Crippen LogP contribution is 2.30. The van der Waals surface area contributed by atoms with E-state index in [2.05, 4.69) is 21.4 Å². The van der Waals surface area contributed by atoms with E-state index in [0.29, 0.717) is 11.7 Å². The maximum absolute atomic E-state index is 12.6. The smallest absolute Gasteiger partial charge is 0.341 e. The summed E-state index contributed by atoms with van der Waals surface area (Å²) in [7, 11) is -4.70. The van der Waals surface area contributed by atoms with Crippen molar-refractivity contribution in [2.24, 2.45) is 0 Å². The minimum atomic E-state index is -4.70. The molecule has 6 nitrogen and oxygen atoms in total. The summed E-state index contributed by atoms with van der Waals surface area (Å²) >= 11 is 1.25. The number of halogens is 2. The van der Waals surface area contributed by atoms with E-state index in [1.807, 2.05) is 31.4 Å². The molecule has 0 saturated heterocycles. The zero-order valence-electron chi connectivity index (χ0n) is 16.2. The molecule has 2 heterocycles. The minimum Gasteiger partial charge on any atom is -0.345 e. The maximum Gasteiger partial charge on any atom is 0.341 e. The first kappa shape index (κ1) is 21.8. The van der Waals surface area contributed by atoms with Crippen LogP contribution in [0.25, 0.3) is 11.3 Å². The maximum atomic E-state index is 12.6. The molecule has 30 heavy (non-hydrogen) atoms. The van der Waals surface area contributed by atoms with Crippen molar-refractivity contribution in [3.8, 4) is 11.3 Å². The van der Waals surface area contributed by atoms with E-state index in [1.165, 1.54) is 23.5 Å². The Labute approximate surface area is 176 Å². The summed E-state index contributed by atoms with van der Waals surface area (Å²) in [4.78, 5) is 16.3. The fourth-order valence-corrected chi connectivity index (χ4v) is 4.42. The quantitative estimate of drug-likeness (QED) is 0.530. The van der Waals surface area contributed by atoms with Crippen molar-refractivity contribution in [3.05, 3.63) is 65.3 Å². The second kappa shape index (κ2) is 8.49. The first-order chi connectivity index (χ1) is 14.1. The van der Waals surface area contributed by atoms with Crippen LogP contribution in [-0.2, 0) is 16.4 Å². The first-order valence-electron chi connectivity index (χ1n) is 8.82. The molecule has 0 aliphatic rings. The van der Waals surface area contributed by atoms with Gasteiger partial charge >= 0.3 is 5.76 Å². The third-order valence-corrected chi connectivity index (χ3v) is 6.72. The summed E-state index contributed by atoms with van der Waals surface area (Å²) in [5.41, 5.74) is 3.90. The van der Waals surface area contributed by atoms with Crippen LogP contribution in [0.5, 0.6) is 0 Å². The lowest BCUT2D eigenvalue weighted by Gasteiger charge is -2.06. The van der Waals surface area contributed by atoms with Crippen molar-refractivity contribution >= 4 is 32.2 Å². The van der Waals surface area contributed by atoms with Crippen LogP contribution < -0.4 is 5.32 Å². The van der Waals surface area contributed by atoms with E-state index in [4.69, 9.17) is 0 Å². The molecular weight excluding hydrogens is 432 g/mol. The number of aryl methyl sites for hydroxylation is 1. The van der Waals surface area contributed by atoms with E-state index in [-0.39, 0.29) is 5.56 Å². The Hall–Kier alpha value is -2.85. The fraction of sp³-hybridized carbons (Fsp3) is 0.200. The van der Waals surface area contributed by atoms with Crippen LogP contribution in [0.4, 0.5) is 13.9 Å². The van der Waals surface area contributed by atoms with Crippen LogP contribution in [0.3, 0.4) is 0 Å². The van der Waals surface area contributed by atoms with Gasteiger partial charge in [-0.2, -0.15) is 8.78 Å². The zero-order chi connectivity index (χ0) is 22.1. The number of aromatic nitrogens is 2. The van der Waals surface area contributed by atoms with E-state index in [0.717, 1.165) is 34.8 Å². The van der Waals surface area contributed by atoms with Gasteiger partial charge in [-0.1, -0.05) is 6.08 Å². The first-order valence-corrected chi connectivity index (χ1v) is 11.2. The van der Waals surface area contributed by atoms with E-state index < -0.39 is 26.4 Å². The van der Waals surface area contributed by atoms with Gasteiger partial charge in [-0.25, -0.2) is 13.4 Å². The van der Waals surface area contributed by atoms with E-state index >= 15 is 0 Å². The summed E-state index contributed by atoms with van der Waals surface area (Å²) in [5, 5.41) is 4.84. The average molecular weight is 452 g/mol. The number of nitrogens with one attached hydrogen (secondary N) is 1. The number of thiazole rings is 1. The number of rotatable bonds is 7. The van der Waals surface area contributed by atoms with Crippen LogP contribution in [0.2, 0.25) is 0 Å². The number of nitrogens with zero attached hydrogens (tertiary/aromatic N) is 2. The van der Waals surface area contributed by atoms with Gasteiger partial charge in [-0.3, -0.25) is 10.1 Å². The highest BCUT2D eigenvalue weighted by atomic mass is 32.2. The molecular formula is C20H19F2N3O3S2. The molecule has 1 aromatic carbocycles. The standard InChI is InChI=1S/C20H19F2N3O3S2/c1-4-9-25-12(2)10-16(13(25)3)17-11-29-20(23-17)24-18(26)14-5-7-15(8-6-14)30(27,28)19(21)22/h4-8,10-11,19H,1,9H2,2-3H3,(H,23,24,26). The molecule has 0 radical (unpaired) electrons. The molecule has 0 bridgehead atoms. The summed E-state index contributed by atoms with van der Waals surface area (Å²) in [5.74, 6) is -4.03. The van der Waals surface area contributed by atoms with Gasteiger partial charge in [0, 0.05) is 34.4 Å². The lowest BCUT2D eigenvalue weighted by Crippen LogP contribution is -2.14. The minimum absolute atomic E-state index is 0.129. The predicted molar refractivity (Wildman–Crippen MR) is 113 cm³/mol. The largest absolute Gasteiger partial charge is 0.345 e. The van der Waals surface area contributed by atoms with Crippen LogP contribution in [-0.4, -0.2) is 29.6 Å². The van der Waals surface area contributed by atoms with Crippen molar-refractivity contribution in [1.82, 2.24) is 9.55 Å². The summed E-state index contributed by atoms with van der Waals surface area (Å²) < 4.78 is 50.3. The van der Waals surface area contributed by atoms with Crippen molar-refractivity contribution < 1.29 is 22.0 Å². The Kier molecular flexibility index (Phi) is 6.18. The second-order valence-electron chi connectivity index (χ2n) is 6.51. The van der Waals surface area contributed by atoms with Gasteiger partial charge in [0.1, 0.15) is 0 Å². The van der Waals surface area contributed by atoms with Crippen LogP contribution in [0.15, 0.2) is 53.3 Å². The van der Waals surface area contributed by atoms with Gasteiger partial charge in [0.15, 0.2) is 5.13 Å². The Bertz CT molecular complexity index is 1200. The molecule has 0 fully saturated rings. The normalized spacial score (nSPS) is 11.6. The summed E-state index contributed by atoms with van der Waals surface area (Å²) in [6, 6.07) is 6.35. The van der Waals surface area contributed by atoms with Crippen molar-refractivity contribution in [3.63, 3.8) is 0 Å². The van der Waals surface area contributed by atoms with Crippen LogP contribution in [0, 0.1) is 13.8 Å². The third-order valence-electron chi connectivity index (χ3n) is 4.57. The molecule has 0 spiro atoms. The van der Waals surface area contributed by atoms with Gasteiger partial charge in [0.25, 0.3) is 5.91 Å². The Morgan fingerprint density at radius 2 is 1.97 bits per heavy atom. The van der Waals surface area contributed by atoms with Gasteiger partial charge in [-0.15, -0.1) is 17.9 Å². The topological polar surface area (TPSA) is 81.1 Å². The summed E-state index contributed by atoms with van der Waals surface area (Å²) in [6.07, 6.45) is 1.81. The Morgan fingerprint density at radius 1 is 1.30 bits per heavy atom. The number of alkyl halides is 2. The van der Waals surface area contributed by atoms with Crippen molar-refractivity contribution in [1.29, 1.82) is 0 Å². The highest BCUT2D eigenvalue weighted by Gasteiger charge is 2.26. The summed E-state index contributed by atoms with van der Waals surface area (Å²) in [6.45, 7) is 8.42. The van der Waals surface area contributed by atoms with Gasteiger partial charge in [-0.05, 0) is 44.2 Å². The Morgan fingerprint density at radius 3 is 2.57 bits per heavy atom.